The van der Waals surface area contributed by atoms with Crippen molar-refractivity contribution in [2.45, 2.75) is 32.2 Å². The first-order valence-electron chi connectivity index (χ1n) is 7.85. The minimum absolute atomic E-state index is 0.0163. The number of likely N-dealkylation sites (tertiary alicyclic amines) is 1. The molecule has 1 amide bonds. The zero-order valence-electron chi connectivity index (χ0n) is 12.9. The van der Waals surface area contributed by atoms with Crippen LogP contribution >= 0.6 is 0 Å². The van der Waals surface area contributed by atoms with E-state index < -0.39 is 0 Å². The van der Waals surface area contributed by atoms with Crippen LogP contribution in [-0.4, -0.2) is 42.1 Å². The molecule has 3 aromatic heterocycles. The molecule has 0 spiro atoms. The van der Waals surface area contributed by atoms with Crippen molar-refractivity contribution < 1.29 is 4.79 Å². The summed E-state index contributed by atoms with van der Waals surface area (Å²) >= 11 is 0. The van der Waals surface area contributed by atoms with Gasteiger partial charge in [0.1, 0.15) is 5.56 Å². The predicted molar refractivity (Wildman–Crippen MR) is 83.9 cm³/mol. The Hall–Kier alpha value is -2.70. The Bertz CT molecular complexity index is 851. The number of aromatic amines is 1. The fraction of sp³-hybridized carbons (Fsp3) is 0.375. The normalized spacial score (nSPS) is 18.5. The third-order valence-corrected chi connectivity index (χ3v) is 4.47. The maximum absolute atomic E-state index is 13.1. The van der Waals surface area contributed by atoms with Gasteiger partial charge in [-0.15, -0.1) is 0 Å². The quantitative estimate of drug-likeness (QED) is 0.786. The monoisotopic (exact) mass is 310 g/mol. The number of carbonyl (C=O) groups excluding carboxylic acids is 1. The summed E-state index contributed by atoms with van der Waals surface area (Å²) in [7, 11) is 0. The van der Waals surface area contributed by atoms with Gasteiger partial charge in [0.25, 0.3) is 5.91 Å². The van der Waals surface area contributed by atoms with E-state index in [0.29, 0.717) is 11.2 Å². The van der Waals surface area contributed by atoms with Gasteiger partial charge in [-0.2, -0.15) is 10.2 Å². The summed E-state index contributed by atoms with van der Waals surface area (Å²) in [6, 6.07) is 1.84. The molecule has 4 heterocycles. The lowest BCUT2D eigenvalue weighted by molar-refractivity contribution is 0.0607. The average Bonchev–Trinajstić information content (AvgIpc) is 3.20. The van der Waals surface area contributed by atoms with Crippen LogP contribution in [0.4, 0.5) is 0 Å². The number of aromatic nitrogens is 5. The molecule has 1 N–H and O–H groups in total. The van der Waals surface area contributed by atoms with E-state index in [0.717, 1.165) is 37.1 Å². The zero-order chi connectivity index (χ0) is 15.8. The molecule has 3 aromatic rings. The van der Waals surface area contributed by atoms with Crippen molar-refractivity contribution in [1.29, 1.82) is 0 Å². The second-order valence-electron chi connectivity index (χ2n) is 5.92. The lowest BCUT2D eigenvalue weighted by atomic mass is 9.96. The van der Waals surface area contributed by atoms with Gasteiger partial charge in [-0.1, -0.05) is 0 Å². The van der Waals surface area contributed by atoms with Crippen LogP contribution in [0.25, 0.3) is 5.65 Å². The largest absolute Gasteiger partial charge is 0.330 e. The summed E-state index contributed by atoms with van der Waals surface area (Å²) in [6.07, 6.45) is 9.97. The maximum atomic E-state index is 13.1. The molecule has 0 unspecified atom stereocenters. The Morgan fingerprint density at radius 1 is 1.35 bits per heavy atom. The molecule has 1 atom stereocenters. The second-order valence-corrected chi connectivity index (χ2v) is 5.92. The highest BCUT2D eigenvalue weighted by atomic mass is 16.2. The molecule has 1 aliphatic heterocycles. The molecule has 0 radical (unpaired) electrons. The van der Waals surface area contributed by atoms with Crippen molar-refractivity contribution in [3.63, 3.8) is 0 Å². The van der Waals surface area contributed by atoms with Crippen molar-refractivity contribution in [3.8, 4) is 0 Å². The summed E-state index contributed by atoms with van der Waals surface area (Å²) in [6.45, 7) is 2.76. The topological polar surface area (TPSA) is 79.2 Å². The number of aryl methyl sites for hydroxylation is 1. The summed E-state index contributed by atoms with van der Waals surface area (Å²) < 4.78 is 1.63. The van der Waals surface area contributed by atoms with Crippen molar-refractivity contribution in [1.82, 2.24) is 29.7 Å². The summed E-state index contributed by atoms with van der Waals surface area (Å²) in [5.74, 6) is -0.0163. The third kappa shape index (κ3) is 2.28. The molecular formula is C16H18N6O. The number of nitrogens with zero attached hydrogens (tertiary/aromatic N) is 5. The maximum Gasteiger partial charge on any atom is 0.259 e. The van der Waals surface area contributed by atoms with E-state index in [2.05, 4.69) is 20.3 Å². The SMILES string of the molecule is Cc1cn[nH]c1[C@H]1CCCCN1C(=O)c1cnn2cccnc12. The van der Waals surface area contributed by atoms with E-state index in [9.17, 15) is 4.79 Å². The smallest absolute Gasteiger partial charge is 0.259 e. The molecule has 1 aliphatic rings. The molecule has 0 aliphatic carbocycles. The lowest BCUT2D eigenvalue weighted by Gasteiger charge is -2.35. The average molecular weight is 310 g/mol. The van der Waals surface area contributed by atoms with Crippen molar-refractivity contribution >= 4 is 11.6 Å². The molecule has 23 heavy (non-hydrogen) atoms. The number of piperidine rings is 1. The molecule has 0 aromatic carbocycles. The fourth-order valence-electron chi connectivity index (χ4n) is 3.30. The Kier molecular flexibility index (Phi) is 3.33. The summed E-state index contributed by atoms with van der Waals surface area (Å²) in [4.78, 5) is 19.3. The fourth-order valence-corrected chi connectivity index (χ4v) is 3.30. The molecule has 1 saturated heterocycles. The van der Waals surface area contributed by atoms with Crippen LogP contribution in [0.15, 0.2) is 30.9 Å². The van der Waals surface area contributed by atoms with Crippen LogP contribution in [-0.2, 0) is 0 Å². The van der Waals surface area contributed by atoms with Gasteiger partial charge < -0.3 is 4.90 Å². The third-order valence-electron chi connectivity index (χ3n) is 4.47. The Morgan fingerprint density at radius 2 is 2.26 bits per heavy atom. The van der Waals surface area contributed by atoms with Crippen molar-refractivity contribution in [3.05, 3.63) is 47.7 Å². The van der Waals surface area contributed by atoms with Gasteiger partial charge in [0.2, 0.25) is 0 Å². The van der Waals surface area contributed by atoms with Gasteiger partial charge in [0, 0.05) is 18.9 Å². The van der Waals surface area contributed by atoms with Crippen LogP contribution in [0.2, 0.25) is 0 Å². The van der Waals surface area contributed by atoms with E-state index in [-0.39, 0.29) is 11.9 Å². The molecule has 0 bridgehead atoms. The van der Waals surface area contributed by atoms with Gasteiger partial charge in [-0.05, 0) is 37.8 Å². The van der Waals surface area contributed by atoms with Gasteiger partial charge in [-0.3, -0.25) is 9.89 Å². The van der Waals surface area contributed by atoms with Gasteiger partial charge in [0.05, 0.1) is 24.1 Å². The Balaban J connectivity index is 1.72. The molecular weight excluding hydrogens is 292 g/mol. The van der Waals surface area contributed by atoms with Crippen LogP contribution in [0.3, 0.4) is 0 Å². The summed E-state index contributed by atoms with van der Waals surface area (Å²) in [5.41, 5.74) is 3.27. The Labute approximate surface area is 133 Å². The Morgan fingerprint density at radius 3 is 3.09 bits per heavy atom. The van der Waals surface area contributed by atoms with Crippen molar-refractivity contribution in [2.24, 2.45) is 0 Å². The standard InChI is InChI=1S/C16H18N6O/c1-11-9-18-20-14(11)13-5-2-3-7-21(13)16(23)12-10-19-22-8-4-6-17-15(12)22/h4,6,8-10,13H,2-3,5,7H2,1H3,(H,18,20)/t13-/m1/s1. The van der Waals surface area contributed by atoms with Crippen LogP contribution in [0, 0.1) is 6.92 Å². The number of hydrogen-bond acceptors (Lipinski definition) is 4. The first-order valence-corrected chi connectivity index (χ1v) is 7.85. The number of hydrogen-bond donors (Lipinski definition) is 1. The number of rotatable bonds is 2. The van der Waals surface area contributed by atoms with E-state index >= 15 is 0 Å². The first-order chi connectivity index (χ1) is 11.3. The highest BCUT2D eigenvalue weighted by Gasteiger charge is 2.32. The lowest BCUT2D eigenvalue weighted by Crippen LogP contribution is -2.39. The number of H-pyrrole nitrogens is 1. The molecule has 7 nitrogen and oxygen atoms in total. The highest BCUT2D eigenvalue weighted by Crippen LogP contribution is 2.32. The van der Waals surface area contributed by atoms with Gasteiger partial charge in [0.15, 0.2) is 5.65 Å². The van der Waals surface area contributed by atoms with Gasteiger partial charge in [-0.25, -0.2) is 9.50 Å². The van der Waals surface area contributed by atoms with E-state index in [1.165, 1.54) is 0 Å². The van der Waals surface area contributed by atoms with Crippen LogP contribution in [0.1, 0.15) is 46.9 Å². The van der Waals surface area contributed by atoms with E-state index in [1.54, 1.807) is 29.2 Å². The number of nitrogens with one attached hydrogen (secondary N) is 1. The van der Waals surface area contributed by atoms with Crippen molar-refractivity contribution in [2.75, 3.05) is 6.54 Å². The van der Waals surface area contributed by atoms with E-state index in [4.69, 9.17) is 0 Å². The second kappa shape index (κ2) is 5.49. The first kappa shape index (κ1) is 13.9. The molecule has 7 heteroatoms. The summed E-state index contributed by atoms with van der Waals surface area (Å²) in [5, 5.41) is 11.4. The van der Waals surface area contributed by atoms with Crippen LogP contribution in [0.5, 0.6) is 0 Å². The molecule has 4 rings (SSSR count). The highest BCUT2D eigenvalue weighted by molar-refractivity contribution is 5.99. The zero-order valence-corrected chi connectivity index (χ0v) is 12.9. The van der Waals surface area contributed by atoms with Crippen LogP contribution < -0.4 is 0 Å². The number of carbonyl (C=O) groups is 1. The number of fused-ring (bicyclic) bond motifs is 1. The minimum Gasteiger partial charge on any atom is -0.330 e. The molecule has 118 valence electrons. The molecule has 1 fully saturated rings. The minimum atomic E-state index is -0.0163. The molecule has 0 saturated carbocycles. The number of amides is 1. The predicted octanol–water partition coefficient (Wildman–Crippen LogP) is 2.13. The van der Waals surface area contributed by atoms with Gasteiger partial charge >= 0.3 is 0 Å². The van der Waals surface area contributed by atoms with E-state index in [1.807, 2.05) is 18.0 Å².